The maximum atomic E-state index is 13.9. The van der Waals surface area contributed by atoms with Crippen LogP contribution in [-0.4, -0.2) is 45.1 Å². The van der Waals surface area contributed by atoms with Crippen LogP contribution in [-0.2, 0) is 16.1 Å². The van der Waals surface area contributed by atoms with Crippen LogP contribution in [0.2, 0.25) is 0 Å². The molecule has 2 aliphatic heterocycles. The first-order valence-corrected chi connectivity index (χ1v) is 10.3. The summed E-state index contributed by atoms with van der Waals surface area (Å²) in [5, 5.41) is 7.39. The summed E-state index contributed by atoms with van der Waals surface area (Å²) < 4.78 is 15.6. The molecule has 0 saturated carbocycles. The van der Waals surface area contributed by atoms with Gasteiger partial charge in [-0.2, -0.15) is 5.10 Å². The number of carbonyl (C=O) groups is 2. The molecule has 0 bridgehead atoms. The first-order valence-electron chi connectivity index (χ1n) is 10.3. The molecule has 2 amide bonds. The van der Waals surface area contributed by atoms with E-state index in [2.05, 4.69) is 10.4 Å². The maximum Gasteiger partial charge on any atom is 0.224 e. The molecular weight excluding hydrogens is 371 g/mol. The van der Waals surface area contributed by atoms with Gasteiger partial charge in [0.25, 0.3) is 0 Å². The second-order valence-corrected chi connectivity index (χ2v) is 8.14. The zero-order valence-corrected chi connectivity index (χ0v) is 16.7. The van der Waals surface area contributed by atoms with Crippen molar-refractivity contribution in [2.75, 3.05) is 6.54 Å². The number of carbonyl (C=O) groups excluding carboxylic acids is 2. The lowest BCUT2D eigenvalue weighted by Gasteiger charge is -2.31. The van der Waals surface area contributed by atoms with Crippen LogP contribution in [0.5, 0.6) is 0 Å². The molecule has 7 heteroatoms. The minimum atomic E-state index is -0.296. The summed E-state index contributed by atoms with van der Waals surface area (Å²) in [5.74, 6) is -0.326. The Kier molecular flexibility index (Phi) is 5.65. The zero-order chi connectivity index (χ0) is 20.4. The quantitative estimate of drug-likeness (QED) is 0.861. The van der Waals surface area contributed by atoms with E-state index in [0.717, 1.165) is 30.4 Å². The molecule has 3 heterocycles. The third-order valence-corrected chi connectivity index (χ3v) is 6.04. The van der Waals surface area contributed by atoms with Crippen molar-refractivity contribution in [3.8, 4) is 0 Å². The van der Waals surface area contributed by atoms with Crippen molar-refractivity contribution in [3.05, 3.63) is 53.6 Å². The maximum absolute atomic E-state index is 13.9. The van der Waals surface area contributed by atoms with Gasteiger partial charge in [0.15, 0.2) is 0 Å². The van der Waals surface area contributed by atoms with Crippen LogP contribution in [0.1, 0.15) is 49.1 Å². The average Bonchev–Trinajstić information content (AvgIpc) is 3.25. The van der Waals surface area contributed by atoms with Gasteiger partial charge in [0, 0.05) is 38.0 Å². The first-order chi connectivity index (χ1) is 14.0. The Hall–Kier alpha value is -2.70. The number of benzene rings is 1. The summed E-state index contributed by atoms with van der Waals surface area (Å²) in [5.41, 5.74) is 1.89. The highest BCUT2D eigenvalue weighted by atomic mass is 19.1. The standard InChI is InChI=1S/C22H27FN4O2/c1-15-12-24-26(13-15)10-9-21(29)27-14-18(16-5-4-6-17(23)11-16)22-19(27)7-2-3-8-20(28)25-22/h4-6,11-13,18-19,22H,2-3,7-10,14H2,1H3,(H,25,28)/t18-,19+,22-/m0/s1. The Morgan fingerprint density at radius 1 is 1.34 bits per heavy atom. The molecular formula is C22H27FN4O2. The predicted octanol–water partition coefficient (Wildman–Crippen LogP) is 2.77. The van der Waals surface area contributed by atoms with Gasteiger partial charge in [-0.3, -0.25) is 14.3 Å². The minimum absolute atomic E-state index is 0.0161. The third-order valence-electron chi connectivity index (χ3n) is 6.04. The largest absolute Gasteiger partial charge is 0.351 e. The van der Waals surface area contributed by atoms with E-state index in [0.29, 0.717) is 25.9 Å². The summed E-state index contributed by atoms with van der Waals surface area (Å²) in [6.45, 7) is 2.99. The Morgan fingerprint density at radius 2 is 2.21 bits per heavy atom. The molecule has 1 N–H and O–H groups in total. The molecule has 0 spiro atoms. The van der Waals surface area contributed by atoms with Gasteiger partial charge in [0.2, 0.25) is 11.8 Å². The molecule has 2 aromatic rings. The fourth-order valence-corrected chi connectivity index (χ4v) is 4.63. The Balaban J connectivity index is 1.55. The number of amides is 2. The molecule has 1 aromatic carbocycles. The number of fused-ring (bicyclic) bond motifs is 1. The van der Waals surface area contributed by atoms with Gasteiger partial charge in [-0.05, 0) is 43.0 Å². The van der Waals surface area contributed by atoms with E-state index in [1.807, 2.05) is 24.1 Å². The number of likely N-dealkylation sites (tertiary alicyclic amines) is 1. The lowest BCUT2D eigenvalue weighted by atomic mass is 9.88. The Morgan fingerprint density at radius 3 is 2.97 bits per heavy atom. The number of hydrogen-bond acceptors (Lipinski definition) is 3. The third kappa shape index (κ3) is 4.33. The van der Waals surface area contributed by atoms with Crippen molar-refractivity contribution in [1.29, 1.82) is 0 Å². The van der Waals surface area contributed by atoms with Crippen molar-refractivity contribution in [2.24, 2.45) is 0 Å². The number of rotatable bonds is 4. The second kappa shape index (κ2) is 8.35. The number of nitrogens with zero attached hydrogens (tertiary/aromatic N) is 3. The Labute approximate surface area is 170 Å². The van der Waals surface area contributed by atoms with E-state index in [9.17, 15) is 14.0 Å². The predicted molar refractivity (Wildman–Crippen MR) is 107 cm³/mol. The van der Waals surface area contributed by atoms with Crippen LogP contribution in [0, 0.1) is 12.7 Å². The monoisotopic (exact) mass is 398 g/mol. The molecule has 2 saturated heterocycles. The van der Waals surface area contributed by atoms with Crippen LogP contribution < -0.4 is 5.32 Å². The van der Waals surface area contributed by atoms with Gasteiger partial charge in [-0.25, -0.2) is 4.39 Å². The van der Waals surface area contributed by atoms with E-state index in [-0.39, 0.29) is 35.6 Å². The SMILES string of the molecule is Cc1cnn(CCC(=O)N2C[C@@H](c3cccc(F)c3)[C@@H]3NC(=O)CCCC[C@H]32)c1. The number of halogens is 1. The summed E-state index contributed by atoms with van der Waals surface area (Å²) in [4.78, 5) is 27.3. The molecule has 4 rings (SSSR count). The number of nitrogens with one attached hydrogen (secondary N) is 1. The first kappa shape index (κ1) is 19.6. The molecule has 2 fully saturated rings. The van der Waals surface area contributed by atoms with Crippen LogP contribution in [0.4, 0.5) is 4.39 Å². The van der Waals surface area contributed by atoms with E-state index < -0.39 is 0 Å². The normalized spacial score (nSPS) is 24.6. The minimum Gasteiger partial charge on any atom is -0.351 e. The van der Waals surface area contributed by atoms with Crippen molar-refractivity contribution >= 4 is 11.8 Å². The van der Waals surface area contributed by atoms with Crippen molar-refractivity contribution < 1.29 is 14.0 Å². The van der Waals surface area contributed by atoms with E-state index in [1.54, 1.807) is 16.9 Å². The molecule has 29 heavy (non-hydrogen) atoms. The van der Waals surface area contributed by atoms with Crippen LogP contribution in [0.15, 0.2) is 36.7 Å². The van der Waals surface area contributed by atoms with Gasteiger partial charge in [0.05, 0.1) is 18.3 Å². The molecule has 0 radical (unpaired) electrons. The molecule has 0 aliphatic carbocycles. The van der Waals surface area contributed by atoms with E-state index in [4.69, 9.17) is 0 Å². The molecule has 6 nitrogen and oxygen atoms in total. The topological polar surface area (TPSA) is 67.2 Å². The number of aromatic nitrogens is 2. The van der Waals surface area contributed by atoms with Gasteiger partial charge < -0.3 is 10.2 Å². The van der Waals surface area contributed by atoms with Crippen LogP contribution >= 0.6 is 0 Å². The lowest BCUT2D eigenvalue weighted by Crippen LogP contribution is -2.48. The Bertz CT molecular complexity index is 896. The van der Waals surface area contributed by atoms with Crippen LogP contribution in [0.25, 0.3) is 0 Å². The lowest BCUT2D eigenvalue weighted by molar-refractivity contribution is -0.133. The fourth-order valence-electron chi connectivity index (χ4n) is 4.63. The average molecular weight is 398 g/mol. The molecule has 0 unspecified atom stereocenters. The van der Waals surface area contributed by atoms with E-state index in [1.165, 1.54) is 12.1 Å². The van der Waals surface area contributed by atoms with E-state index >= 15 is 0 Å². The molecule has 1 aromatic heterocycles. The molecule has 154 valence electrons. The van der Waals surface area contributed by atoms with Crippen LogP contribution in [0.3, 0.4) is 0 Å². The van der Waals surface area contributed by atoms with Gasteiger partial charge >= 0.3 is 0 Å². The second-order valence-electron chi connectivity index (χ2n) is 8.14. The van der Waals surface area contributed by atoms with Gasteiger partial charge in [-0.15, -0.1) is 0 Å². The molecule has 3 atom stereocenters. The molecule has 2 aliphatic rings. The zero-order valence-electron chi connectivity index (χ0n) is 16.7. The highest BCUT2D eigenvalue weighted by molar-refractivity contribution is 5.79. The van der Waals surface area contributed by atoms with Crippen molar-refractivity contribution in [2.45, 2.75) is 63.6 Å². The van der Waals surface area contributed by atoms with Crippen molar-refractivity contribution in [1.82, 2.24) is 20.0 Å². The smallest absolute Gasteiger partial charge is 0.224 e. The summed E-state index contributed by atoms with van der Waals surface area (Å²) in [7, 11) is 0. The highest BCUT2D eigenvalue weighted by Gasteiger charge is 2.45. The van der Waals surface area contributed by atoms with Gasteiger partial charge in [-0.1, -0.05) is 18.6 Å². The number of aryl methyl sites for hydroxylation is 2. The van der Waals surface area contributed by atoms with Gasteiger partial charge in [0.1, 0.15) is 5.82 Å². The summed E-state index contributed by atoms with van der Waals surface area (Å²) >= 11 is 0. The summed E-state index contributed by atoms with van der Waals surface area (Å²) in [6, 6.07) is 6.28. The fraction of sp³-hybridized carbons (Fsp3) is 0.500. The van der Waals surface area contributed by atoms with Crippen molar-refractivity contribution in [3.63, 3.8) is 0 Å². The number of hydrogen-bond donors (Lipinski definition) is 1. The summed E-state index contributed by atoms with van der Waals surface area (Å²) in [6.07, 6.45) is 7.15. The highest BCUT2D eigenvalue weighted by Crippen LogP contribution is 2.36.